The molecule has 2 aromatic carbocycles. The van der Waals surface area contributed by atoms with E-state index >= 15 is 0 Å². The third-order valence-electron chi connectivity index (χ3n) is 3.48. The molecule has 0 aliphatic rings. The number of pyridine rings is 1. The number of carbonyl (C=O) groups is 1. The zero-order valence-electron chi connectivity index (χ0n) is 13.9. The molecule has 8 heteroatoms. The minimum absolute atomic E-state index is 0.128. The Labute approximate surface area is 162 Å². The van der Waals surface area contributed by atoms with Crippen molar-refractivity contribution in [2.45, 2.75) is 6.54 Å². The predicted molar refractivity (Wildman–Crippen MR) is 101 cm³/mol. The maximum atomic E-state index is 13.3. The van der Waals surface area contributed by atoms with Crippen molar-refractivity contribution in [3.8, 4) is 11.6 Å². The zero-order chi connectivity index (χ0) is 19.2. The zero-order valence-corrected chi connectivity index (χ0v) is 15.5. The minimum atomic E-state index is -0.483. The topological polar surface area (TPSA) is 63.2 Å². The maximum Gasteiger partial charge on any atom is 0.319 e. The van der Waals surface area contributed by atoms with Gasteiger partial charge in [0.25, 0.3) is 0 Å². The van der Waals surface area contributed by atoms with Crippen LogP contribution in [0.5, 0.6) is 11.6 Å². The number of nitrogens with zero attached hydrogens (tertiary/aromatic N) is 1. The number of hydrogen-bond acceptors (Lipinski definition) is 3. The van der Waals surface area contributed by atoms with Gasteiger partial charge in [0.05, 0.1) is 5.69 Å². The standard InChI is InChI=1S/C19H14BrF2N3O2/c20-16-10-14(22)6-7-17(16)25-19(26)24-11-12-3-2-8-23-18(12)27-15-5-1-4-13(21)9-15/h1-10H,11H2,(H2,24,25,26). The van der Waals surface area contributed by atoms with Gasteiger partial charge in [0, 0.05) is 28.8 Å². The van der Waals surface area contributed by atoms with Crippen molar-refractivity contribution in [3.63, 3.8) is 0 Å². The van der Waals surface area contributed by atoms with Gasteiger partial charge >= 0.3 is 6.03 Å². The fraction of sp³-hybridized carbons (Fsp3) is 0.0526. The van der Waals surface area contributed by atoms with E-state index in [1.54, 1.807) is 18.2 Å². The summed E-state index contributed by atoms with van der Waals surface area (Å²) in [5, 5.41) is 5.28. The highest BCUT2D eigenvalue weighted by Gasteiger charge is 2.10. The van der Waals surface area contributed by atoms with Crippen molar-refractivity contribution in [1.29, 1.82) is 0 Å². The summed E-state index contributed by atoms with van der Waals surface area (Å²) in [5.74, 6) is -0.282. The molecular formula is C19H14BrF2N3O2. The first-order valence-corrected chi connectivity index (χ1v) is 8.68. The Morgan fingerprint density at radius 2 is 1.89 bits per heavy atom. The normalized spacial score (nSPS) is 10.3. The van der Waals surface area contributed by atoms with E-state index in [2.05, 4.69) is 31.5 Å². The molecule has 0 aliphatic carbocycles. The number of urea groups is 1. The van der Waals surface area contributed by atoms with Gasteiger partial charge in [-0.05, 0) is 52.3 Å². The Morgan fingerprint density at radius 3 is 2.67 bits per heavy atom. The first-order valence-electron chi connectivity index (χ1n) is 7.88. The highest BCUT2D eigenvalue weighted by molar-refractivity contribution is 9.10. The quantitative estimate of drug-likeness (QED) is 0.578. The molecule has 2 amide bonds. The van der Waals surface area contributed by atoms with Gasteiger partial charge in [-0.3, -0.25) is 0 Å². The minimum Gasteiger partial charge on any atom is -0.439 e. The largest absolute Gasteiger partial charge is 0.439 e. The molecular weight excluding hydrogens is 420 g/mol. The fourth-order valence-corrected chi connectivity index (χ4v) is 2.68. The molecule has 138 valence electrons. The van der Waals surface area contributed by atoms with Gasteiger partial charge in [-0.1, -0.05) is 12.1 Å². The highest BCUT2D eigenvalue weighted by atomic mass is 79.9. The summed E-state index contributed by atoms with van der Waals surface area (Å²) in [4.78, 5) is 16.2. The van der Waals surface area contributed by atoms with Crippen LogP contribution in [0.2, 0.25) is 0 Å². The van der Waals surface area contributed by atoms with Crippen LogP contribution < -0.4 is 15.4 Å². The Hall–Kier alpha value is -3.00. The van der Waals surface area contributed by atoms with Crippen molar-refractivity contribution in [1.82, 2.24) is 10.3 Å². The van der Waals surface area contributed by atoms with E-state index in [1.165, 1.54) is 42.6 Å². The Bertz CT molecular complexity index is 969. The molecule has 0 saturated heterocycles. The number of benzene rings is 2. The lowest BCUT2D eigenvalue weighted by molar-refractivity contribution is 0.251. The van der Waals surface area contributed by atoms with E-state index in [0.717, 1.165) is 0 Å². The van der Waals surface area contributed by atoms with E-state index < -0.39 is 17.7 Å². The Kier molecular flexibility index (Phi) is 5.97. The smallest absolute Gasteiger partial charge is 0.319 e. The van der Waals surface area contributed by atoms with Gasteiger partial charge in [0.2, 0.25) is 5.88 Å². The van der Waals surface area contributed by atoms with Gasteiger partial charge in [-0.2, -0.15) is 0 Å². The average Bonchev–Trinajstić information content (AvgIpc) is 2.63. The van der Waals surface area contributed by atoms with Gasteiger partial charge in [0.15, 0.2) is 0 Å². The highest BCUT2D eigenvalue weighted by Crippen LogP contribution is 2.24. The predicted octanol–water partition coefficient (Wildman–Crippen LogP) is 5.24. The lowest BCUT2D eigenvalue weighted by atomic mass is 10.2. The average molecular weight is 434 g/mol. The van der Waals surface area contributed by atoms with Gasteiger partial charge in [0.1, 0.15) is 17.4 Å². The molecule has 0 spiro atoms. The summed E-state index contributed by atoms with van der Waals surface area (Å²) in [7, 11) is 0. The number of hydrogen-bond donors (Lipinski definition) is 2. The Balaban J connectivity index is 1.65. The van der Waals surface area contributed by atoms with E-state index in [4.69, 9.17) is 4.74 Å². The molecule has 5 nitrogen and oxygen atoms in total. The molecule has 2 N–H and O–H groups in total. The SMILES string of the molecule is O=C(NCc1cccnc1Oc1cccc(F)c1)Nc1ccc(F)cc1Br. The van der Waals surface area contributed by atoms with Crippen molar-refractivity contribution >= 4 is 27.6 Å². The molecule has 0 bridgehead atoms. The van der Waals surface area contributed by atoms with E-state index in [0.29, 0.717) is 21.5 Å². The summed E-state index contributed by atoms with van der Waals surface area (Å²) in [6.45, 7) is 0.128. The lowest BCUT2D eigenvalue weighted by Crippen LogP contribution is -2.28. The summed E-state index contributed by atoms with van der Waals surface area (Å²) in [6.07, 6.45) is 1.54. The van der Waals surface area contributed by atoms with Gasteiger partial charge in [-0.15, -0.1) is 0 Å². The summed E-state index contributed by atoms with van der Waals surface area (Å²) in [5.41, 5.74) is 1.03. The second-order valence-electron chi connectivity index (χ2n) is 5.46. The van der Waals surface area contributed by atoms with Crippen LogP contribution in [0.3, 0.4) is 0 Å². The second-order valence-corrected chi connectivity index (χ2v) is 6.31. The maximum absolute atomic E-state index is 13.3. The van der Waals surface area contributed by atoms with Gasteiger partial charge < -0.3 is 15.4 Å². The van der Waals surface area contributed by atoms with Crippen LogP contribution in [0, 0.1) is 11.6 Å². The second kappa shape index (κ2) is 8.59. The first kappa shape index (κ1) is 18.8. The molecule has 0 radical (unpaired) electrons. The van der Waals surface area contributed by atoms with Crippen LogP contribution in [0.25, 0.3) is 0 Å². The monoisotopic (exact) mass is 433 g/mol. The number of anilines is 1. The molecule has 0 unspecified atom stereocenters. The van der Waals surface area contributed by atoms with E-state index in [1.807, 2.05) is 0 Å². The van der Waals surface area contributed by atoms with Gasteiger partial charge in [-0.25, -0.2) is 18.6 Å². The number of aromatic nitrogens is 1. The number of carbonyl (C=O) groups excluding carboxylic acids is 1. The first-order chi connectivity index (χ1) is 13.0. The molecule has 0 aliphatic heterocycles. The van der Waals surface area contributed by atoms with Crippen LogP contribution in [0.15, 0.2) is 65.3 Å². The van der Waals surface area contributed by atoms with Crippen molar-refractivity contribution < 1.29 is 18.3 Å². The summed E-state index contributed by atoms with van der Waals surface area (Å²) in [6, 6.07) is 12.6. The molecule has 1 aromatic heterocycles. The third-order valence-corrected chi connectivity index (χ3v) is 4.14. The van der Waals surface area contributed by atoms with E-state index in [-0.39, 0.29) is 12.4 Å². The van der Waals surface area contributed by atoms with E-state index in [9.17, 15) is 13.6 Å². The number of nitrogens with one attached hydrogen (secondary N) is 2. The van der Waals surface area contributed by atoms with Crippen molar-refractivity contribution in [2.75, 3.05) is 5.32 Å². The molecule has 0 saturated carbocycles. The van der Waals surface area contributed by atoms with Crippen LogP contribution >= 0.6 is 15.9 Å². The number of halogens is 3. The molecule has 27 heavy (non-hydrogen) atoms. The fourth-order valence-electron chi connectivity index (χ4n) is 2.23. The summed E-state index contributed by atoms with van der Waals surface area (Å²) < 4.78 is 32.4. The molecule has 3 rings (SSSR count). The third kappa shape index (κ3) is 5.24. The molecule has 0 atom stereocenters. The number of rotatable bonds is 5. The van der Waals surface area contributed by atoms with Crippen LogP contribution in [-0.4, -0.2) is 11.0 Å². The number of ether oxygens (including phenoxy) is 1. The van der Waals surface area contributed by atoms with Crippen LogP contribution in [0.4, 0.5) is 19.3 Å². The summed E-state index contributed by atoms with van der Waals surface area (Å²) >= 11 is 3.18. The lowest BCUT2D eigenvalue weighted by Gasteiger charge is -2.12. The van der Waals surface area contributed by atoms with Crippen LogP contribution in [0.1, 0.15) is 5.56 Å². The molecule has 1 heterocycles. The Morgan fingerprint density at radius 1 is 1.07 bits per heavy atom. The van der Waals surface area contributed by atoms with Crippen molar-refractivity contribution in [3.05, 3.63) is 82.5 Å². The molecule has 0 fully saturated rings. The number of amides is 2. The van der Waals surface area contributed by atoms with Crippen LogP contribution in [-0.2, 0) is 6.54 Å². The van der Waals surface area contributed by atoms with Crippen molar-refractivity contribution in [2.24, 2.45) is 0 Å². The molecule has 3 aromatic rings.